The summed E-state index contributed by atoms with van der Waals surface area (Å²) in [5.41, 5.74) is 1.75. The van der Waals surface area contributed by atoms with Crippen molar-refractivity contribution in [3.63, 3.8) is 0 Å². The molecule has 2 rings (SSSR count). The fourth-order valence-corrected chi connectivity index (χ4v) is 3.33. The van der Waals surface area contributed by atoms with Crippen molar-refractivity contribution >= 4 is 11.9 Å². The molecule has 0 aromatic heterocycles. The van der Waals surface area contributed by atoms with Crippen LogP contribution in [-0.2, 0) is 19.1 Å². The van der Waals surface area contributed by atoms with Gasteiger partial charge in [0.15, 0.2) is 0 Å². The Balaban J connectivity index is 2.14. The fraction of sp³-hybridized carbons (Fsp3) is 0.579. The molecule has 0 bridgehead atoms. The first-order valence-corrected chi connectivity index (χ1v) is 8.37. The number of fused-ring (bicyclic) bond motifs is 1. The Labute approximate surface area is 143 Å². The van der Waals surface area contributed by atoms with Crippen LogP contribution in [0.15, 0.2) is 36.0 Å². The Kier molecular flexibility index (Phi) is 5.99. The summed E-state index contributed by atoms with van der Waals surface area (Å²) in [5.74, 6) is -1.23. The summed E-state index contributed by atoms with van der Waals surface area (Å²) in [7, 11) is 0. The minimum Gasteiger partial charge on any atom is -0.462 e. The summed E-state index contributed by atoms with van der Waals surface area (Å²) >= 11 is 0. The van der Waals surface area contributed by atoms with Crippen LogP contribution in [0.3, 0.4) is 0 Å². The molecule has 132 valence electrons. The van der Waals surface area contributed by atoms with Crippen LogP contribution in [0.1, 0.15) is 39.5 Å². The highest BCUT2D eigenvalue weighted by Crippen LogP contribution is 2.36. The van der Waals surface area contributed by atoms with E-state index in [1.165, 1.54) is 0 Å². The third-order valence-corrected chi connectivity index (χ3v) is 4.69. The number of aliphatic hydroxyl groups excluding tert-OH is 1. The second-order valence-electron chi connectivity index (χ2n) is 6.87. The predicted molar refractivity (Wildman–Crippen MR) is 90.0 cm³/mol. The third kappa shape index (κ3) is 4.35. The zero-order valence-electron chi connectivity index (χ0n) is 14.4. The Morgan fingerprint density at radius 1 is 1.50 bits per heavy atom. The second kappa shape index (κ2) is 7.79. The van der Waals surface area contributed by atoms with Gasteiger partial charge in [0.1, 0.15) is 6.10 Å². The van der Waals surface area contributed by atoms with Crippen molar-refractivity contribution in [2.24, 2.45) is 11.8 Å². The van der Waals surface area contributed by atoms with E-state index in [9.17, 15) is 14.7 Å². The molecule has 1 fully saturated rings. The highest BCUT2D eigenvalue weighted by molar-refractivity contribution is 5.91. The lowest BCUT2D eigenvalue weighted by molar-refractivity contribution is -0.144. The highest BCUT2D eigenvalue weighted by atomic mass is 16.6. The Hall–Kier alpha value is -1.88. The number of rotatable bonds is 3. The van der Waals surface area contributed by atoms with Crippen molar-refractivity contribution in [2.75, 3.05) is 6.61 Å². The van der Waals surface area contributed by atoms with Gasteiger partial charge in [0.2, 0.25) is 0 Å². The SMILES string of the molecule is C=C(C)C(=O)OC[C@@H]1CCC/C(C)=C/[C@H](O)[C@@H]2C(=C)C(=O)O[C@@H]2C1. The van der Waals surface area contributed by atoms with E-state index in [2.05, 4.69) is 13.2 Å². The summed E-state index contributed by atoms with van der Waals surface area (Å²) in [5, 5.41) is 10.5. The van der Waals surface area contributed by atoms with Gasteiger partial charge in [-0.05, 0) is 45.4 Å². The number of allylic oxidation sites excluding steroid dienone is 1. The molecule has 1 N–H and O–H groups in total. The summed E-state index contributed by atoms with van der Waals surface area (Å²) < 4.78 is 10.7. The van der Waals surface area contributed by atoms with Crippen molar-refractivity contribution in [1.29, 1.82) is 0 Å². The van der Waals surface area contributed by atoms with Crippen LogP contribution in [0.25, 0.3) is 0 Å². The third-order valence-electron chi connectivity index (χ3n) is 4.69. The molecule has 1 heterocycles. The van der Waals surface area contributed by atoms with E-state index >= 15 is 0 Å². The maximum atomic E-state index is 11.9. The normalized spacial score (nSPS) is 33.0. The molecule has 0 radical (unpaired) electrons. The topological polar surface area (TPSA) is 72.8 Å². The molecular weight excluding hydrogens is 308 g/mol. The highest BCUT2D eigenvalue weighted by Gasteiger charge is 2.43. The molecule has 4 atom stereocenters. The van der Waals surface area contributed by atoms with E-state index < -0.39 is 30.1 Å². The molecule has 0 aromatic carbocycles. The summed E-state index contributed by atoms with van der Waals surface area (Å²) in [6.07, 6.45) is 3.77. The maximum Gasteiger partial charge on any atom is 0.334 e. The van der Waals surface area contributed by atoms with E-state index in [0.29, 0.717) is 17.6 Å². The van der Waals surface area contributed by atoms with E-state index in [4.69, 9.17) is 9.47 Å². The van der Waals surface area contributed by atoms with E-state index in [1.54, 1.807) is 13.0 Å². The lowest BCUT2D eigenvalue weighted by Crippen LogP contribution is -2.31. The van der Waals surface area contributed by atoms with Gasteiger partial charge < -0.3 is 14.6 Å². The van der Waals surface area contributed by atoms with Crippen molar-refractivity contribution < 1.29 is 24.2 Å². The number of hydrogen-bond acceptors (Lipinski definition) is 5. The van der Waals surface area contributed by atoms with Gasteiger partial charge in [0, 0.05) is 11.1 Å². The molecule has 0 aromatic rings. The molecule has 5 heteroatoms. The Morgan fingerprint density at radius 2 is 2.21 bits per heavy atom. The van der Waals surface area contributed by atoms with Crippen LogP contribution in [-0.4, -0.2) is 35.9 Å². The lowest BCUT2D eigenvalue weighted by Gasteiger charge is -2.27. The summed E-state index contributed by atoms with van der Waals surface area (Å²) in [4.78, 5) is 23.5. The second-order valence-corrected chi connectivity index (χ2v) is 6.87. The van der Waals surface area contributed by atoms with Gasteiger partial charge >= 0.3 is 11.9 Å². The molecule has 2 aliphatic rings. The molecule has 1 aliphatic heterocycles. The standard InChI is InChI=1S/C19H26O5/c1-11(2)18(21)23-10-14-7-5-6-12(3)8-15(20)17-13(4)19(22)24-16(17)9-14/h8,14-17,20H,1,4-7,9-10H2,2-3H3/b12-8+/t14-,15+,16-,17+/m1/s1. The first-order chi connectivity index (χ1) is 11.3. The molecule has 0 amide bonds. The molecule has 1 saturated heterocycles. The number of carbonyl (C=O) groups is 2. The smallest absolute Gasteiger partial charge is 0.334 e. The van der Waals surface area contributed by atoms with E-state index in [0.717, 1.165) is 24.8 Å². The average molecular weight is 334 g/mol. The molecule has 5 nitrogen and oxygen atoms in total. The van der Waals surface area contributed by atoms with Crippen LogP contribution in [0, 0.1) is 11.8 Å². The number of ether oxygens (including phenoxy) is 2. The molecule has 0 unspecified atom stereocenters. The zero-order chi connectivity index (χ0) is 17.9. The van der Waals surface area contributed by atoms with Gasteiger partial charge in [0.25, 0.3) is 0 Å². The number of esters is 2. The number of carbonyl (C=O) groups excluding carboxylic acids is 2. The predicted octanol–water partition coefficient (Wildman–Crippen LogP) is 2.70. The van der Waals surface area contributed by atoms with Gasteiger partial charge in [-0.2, -0.15) is 0 Å². The molecule has 24 heavy (non-hydrogen) atoms. The fourth-order valence-electron chi connectivity index (χ4n) is 3.33. The first kappa shape index (κ1) is 18.5. The minimum absolute atomic E-state index is 0.0672. The molecular formula is C19H26O5. The summed E-state index contributed by atoms with van der Waals surface area (Å²) in [6, 6.07) is 0. The van der Waals surface area contributed by atoms with Crippen LogP contribution >= 0.6 is 0 Å². The minimum atomic E-state index is -0.786. The van der Waals surface area contributed by atoms with Crippen molar-refractivity contribution in [3.8, 4) is 0 Å². The average Bonchev–Trinajstić information content (AvgIpc) is 2.78. The largest absolute Gasteiger partial charge is 0.462 e. The summed E-state index contributed by atoms with van der Waals surface area (Å²) in [6.45, 7) is 11.2. The van der Waals surface area contributed by atoms with Crippen LogP contribution in [0.5, 0.6) is 0 Å². The maximum absolute atomic E-state index is 11.9. The molecule has 0 spiro atoms. The van der Waals surface area contributed by atoms with Gasteiger partial charge in [-0.1, -0.05) is 24.8 Å². The van der Waals surface area contributed by atoms with Crippen LogP contribution in [0.4, 0.5) is 0 Å². The van der Waals surface area contributed by atoms with Gasteiger partial charge in [-0.3, -0.25) is 0 Å². The number of aliphatic hydroxyl groups is 1. The lowest BCUT2D eigenvalue weighted by atomic mass is 9.83. The monoisotopic (exact) mass is 334 g/mol. The zero-order valence-corrected chi connectivity index (χ0v) is 14.4. The van der Waals surface area contributed by atoms with Gasteiger partial charge in [-0.25, -0.2) is 9.59 Å². The van der Waals surface area contributed by atoms with Crippen LogP contribution < -0.4 is 0 Å². The van der Waals surface area contributed by atoms with Gasteiger partial charge in [-0.15, -0.1) is 0 Å². The quantitative estimate of drug-likeness (QED) is 0.488. The molecule has 1 aliphatic carbocycles. The van der Waals surface area contributed by atoms with Crippen LogP contribution in [0.2, 0.25) is 0 Å². The Morgan fingerprint density at radius 3 is 2.88 bits per heavy atom. The Bertz CT molecular complexity index is 574. The van der Waals surface area contributed by atoms with Gasteiger partial charge in [0.05, 0.1) is 18.6 Å². The first-order valence-electron chi connectivity index (χ1n) is 8.37. The molecule has 0 saturated carbocycles. The van der Waals surface area contributed by atoms with E-state index in [1.807, 2.05) is 6.92 Å². The van der Waals surface area contributed by atoms with Crippen molar-refractivity contribution in [3.05, 3.63) is 36.0 Å². The van der Waals surface area contributed by atoms with Crippen molar-refractivity contribution in [2.45, 2.75) is 51.7 Å². The number of hydrogen-bond donors (Lipinski definition) is 1. The van der Waals surface area contributed by atoms with Crippen molar-refractivity contribution in [1.82, 2.24) is 0 Å². The van der Waals surface area contributed by atoms with E-state index in [-0.39, 0.29) is 12.5 Å².